The highest BCUT2D eigenvalue weighted by Gasteiger charge is 2.13. The molecule has 0 saturated carbocycles. The van der Waals surface area contributed by atoms with Gasteiger partial charge in [-0.15, -0.1) is 0 Å². The van der Waals surface area contributed by atoms with E-state index in [9.17, 15) is 4.21 Å². The lowest BCUT2D eigenvalue weighted by atomic mass is 10.5. The molecule has 0 radical (unpaired) electrons. The van der Waals surface area contributed by atoms with Crippen molar-refractivity contribution in [3.05, 3.63) is 12.4 Å². The van der Waals surface area contributed by atoms with E-state index >= 15 is 0 Å². The zero-order valence-corrected chi connectivity index (χ0v) is 6.69. The Morgan fingerprint density at radius 2 is 2.00 bits per heavy atom. The van der Waals surface area contributed by atoms with E-state index in [4.69, 9.17) is 5.73 Å². The van der Waals surface area contributed by atoms with Crippen LogP contribution in [0.2, 0.25) is 0 Å². The van der Waals surface area contributed by atoms with Crippen LogP contribution >= 0.6 is 0 Å². The van der Waals surface area contributed by atoms with Crippen LogP contribution in [0.1, 0.15) is 0 Å². The van der Waals surface area contributed by atoms with Gasteiger partial charge in [0, 0.05) is 35.4 Å². The highest BCUT2D eigenvalue weighted by atomic mass is 32.2. The molecule has 1 aliphatic rings. The van der Waals surface area contributed by atoms with Gasteiger partial charge in [-0.2, -0.15) is 0 Å². The van der Waals surface area contributed by atoms with E-state index in [2.05, 4.69) is 6.58 Å². The fourth-order valence-electron chi connectivity index (χ4n) is 0.925. The second-order valence-electron chi connectivity index (χ2n) is 2.33. The predicted molar refractivity (Wildman–Crippen MR) is 42.8 cm³/mol. The van der Waals surface area contributed by atoms with Crippen LogP contribution in [0.5, 0.6) is 0 Å². The second-order valence-corrected chi connectivity index (χ2v) is 4.02. The van der Waals surface area contributed by atoms with Crippen LogP contribution < -0.4 is 5.73 Å². The molecule has 0 atom stereocenters. The van der Waals surface area contributed by atoms with E-state index in [1.807, 2.05) is 4.90 Å². The maximum atomic E-state index is 10.8. The van der Waals surface area contributed by atoms with Gasteiger partial charge < -0.3 is 10.6 Å². The molecule has 1 aliphatic heterocycles. The summed E-state index contributed by atoms with van der Waals surface area (Å²) in [5.41, 5.74) is 5.45. The van der Waals surface area contributed by atoms with Gasteiger partial charge in [-0.25, -0.2) is 0 Å². The zero-order chi connectivity index (χ0) is 7.56. The second kappa shape index (κ2) is 3.05. The Bertz CT molecular complexity index is 159. The zero-order valence-electron chi connectivity index (χ0n) is 5.88. The van der Waals surface area contributed by atoms with Crippen LogP contribution in [0.3, 0.4) is 0 Å². The fraction of sp³-hybridized carbons (Fsp3) is 0.667. The van der Waals surface area contributed by atoms with Crippen LogP contribution in [0, 0.1) is 0 Å². The summed E-state index contributed by atoms with van der Waals surface area (Å²) in [7, 11) is -0.616. The number of hydrogen-bond donors (Lipinski definition) is 1. The van der Waals surface area contributed by atoms with Crippen molar-refractivity contribution < 1.29 is 4.21 Å². The van der Waals surface area contributed by atoms with Gasteiger partial charge in [0.2, 0.25) is 0 Å². The standard InChI is InChI=1S/C6H12N2OS/c1-6(7)8-2-4-10(9)5-3-8/h1-5,7H2. The molecule has 1 fully saturated rings. The Morgan fingerprint density at radius 1 is 1.50 bits per heavy atom. The molecule has 2 N–H and O–H groups in total. The van der Waals surface area contributed by atoms with Gasteiger partial charge in [-0.3, -0.25) is 4.21 Å². The van der Waals surface area contributed by atoms with Gasteiger partial charge in [0.25, 0.3) is 0 Å². The molecule has 0 bridgehead atoms. The lowest BCUT2D eigenvalue weighted by Crippen LogP contribution is -2.38. The average molecular weight is 160 g/mol. The van der Waals surface area contributed by atoms with Crippen LogP contribution in [0.4, 0.5) is 0 Å². The molecule has 0 aromatic heterocycles. The third kappa shape index (κ3) is 1.73. The predicted octanol–water partition coefficient (Wildman–Crippen LogP) is -0.519. The smallest absolute Gasteiger partial charge is 0.0912 e. The normalized spacial score (nSPS) is 21.0. The topological polar surface area (TPSA) is 46.3 Å². The lowest BCUT2D eigenvalue weighted by molar-refractivity contribution is 0.373. The molecule has 1 heterocycles. The molecular weight excluding hydrogens is 148 g/mol. The molecule has 0 aromatic rings. The largest absolute Gasteiger partial charge is 0.386 e. The number of nitrogens with two attached hydrogens (primary N) is 1. The maximum absolute atomic E-state index is 10.8. The number of nitrogens with zero attached hydrogens (tertiary/aromatic N) is 1. The van der Waals surface area contributed by atoms with Gasteiger partial charge in [0.1, 0.15) is 0 Å². The van der Waals surface area contributed by atoms with Crippen LogP contribution in [-0.2, 0) is 10.8 Å². The third-order valence-corrected chi connectivity index (χ3v) is 2.86. The first-order valence-corrected chi connectivity index (χ1v) is 4.73. The minimum atomic E-state index is -0.616. The number of hydrogen-bond acceptors (Lipinski definition) is 3. The van der Waals surface area contributed by atoms with Crippen molar-refractivity contribution in [3.63, 3.8) is 0 Å². The van der Waals surface area contributed by atoms with Crippen LogP contribution in [0.15, 0.2) is 12.4 Å². The van der Waals surface area contributed by atoms with Crippen molar-refractivity contribution >= 4 is 10.8 Å². The summed E-state index contributed by atoms with van der Waals surface area (Å²) < 4.78 is 10.8. The van der Waals surface area contributed by atoms with Crippen LogP contribution in [-0.4, -0.2) is 33.7 Å². The summed E-state index contributed by atoms with van der Waals surface area (Å²) in [5, 5.41) is 0. The van der Waals surface area contributed by atoms with Gasteiger partial charge in [0.15, 0.2) is 0 Å². The van der Waals surface area contributed by atoms with Gasteiger partial charge in [-0.1, -0.05) is 6.58 Å². The molecule has 3 nitrogen and oxygen atoms in total. The van der Waals surface area contributed by atoms with E-state index in [1.54, 1.807) is 0 Å². The molecular formula is C6H12N2OS. The van der Waals surface area contributed by atoms with Crippen LogP contribution in [0.25, 0.3) is 0 Å². The van der Waals surface area contributed by atoms with Crippen molar-refractivity contribution in [2.24, 2.45) is 5.73 Å². The molecule has 0 aliphatic carbocycles. The van der Waals surface area contributed by atoms with Crippen molar-refractivity contribution in [1.29, 1.82) is 0 Å². The van der Waals surface area contributed by atoms with Gasteiger partial charge >= 0.3 is 0 Å². The Morgan fingerprint density at radius 3 is 2.40 bits per heavy atom. The van der Waals surface area contributed by atoms with Gasteiger partial charge in [0.05, 0.1) is 5.82 Å². The summed E-state index contributed by atoms with van der Waals surface area (Å²) in [4.78, 5) is 1.96. The molecule has 4 heteroatoms. The van der Waals surface area contributed by atoms with E-state index in [0.29, 0.717) is 5.82 Å². The number of rotatable bonds is 1. The monoisotopic (exact) mass is 160 g/mol. The van der Waals surface area contributed by atoms with E-state index in [1.165, 1.54) is 0 Å². The summed E-state index contributed by atoms with van der Waals surface area (Å²) in [6.45, 7) is 5.20. The first-order valence-electron chi connectivity index (χ1n) is 3.24. The Balaban J connectivity index is 2.40. The SMILES string of the molecule is C=C(N)N1CCS(=O)CC1. The first kappa shape index (κ1) is 7.60. The minimum Gasteiger partial charge on any atom is -0.386 e. The summed E-state index contributed by atoms with van der Waals surface area (Å²) in [6, 6.07) is 0. The lowest BCUT2D eigenvalue weighted by Gasteiger charge is -2.27. The molecule has 1 saturated heterocycles. The van der Waals surface area contributed by atoms with Crippen molar-refractivity contribution in [1.82, 2.24) is 4.90 Å². The Kier molecular flexibility index (Phi) is 2.32. The average Bonchev–Trinajstić information content (AvgIpc) is 1.88. The highest BCUT2D eigenvalue weighted by molar-refractivity contribution is 7.85. The molecule has 58 valence electrons. The van der Waals surface area contributed by atoms with Crippen molar-refractivity contribution in [2.75, 3.05) is 24.6 Å². The minimum absolute atomic E-state index is 0.594. The van der Waals surface area contributed by atoms with Crippen molar-refractivity contribution in [2.45, 2.75) is 0 Å². The summed E-state index contributed by atoms with van der Waals surface area (Å²) in [6.07, 6.45) is 0. The molecule has 1 rings (SSSR count). The highest BCUT2D eigenvalue weighted by Crippen LogP contribution is 2.02. The fourth-order valence-corrected chi connectivity index (χ4v) is 1.98. The van der Waals surface area contributed by atoms with Crippen molar-refractivity contribution in [3.8, 4) is 0 Å². The Labute approximate surface area is 63.3 Å². The Hall–Kier alpha value is -0.510. The third-order valence-electron chi connectivity index (χ3n) is 1.58. The first-order chi connectivity index (χ1) is 4.70. The summed E-state index contributed by atoms with van der Waals surface area (Å²) >= 11 is 0. The van der Waals surface area contributed by atoms with Gasteiger partial charge in [-0.05, 0) is 0 Å². The maximum Gasteiger partial charge on any atom is 0.0912 e. The van der Waals surface area contributed by atoms with E-state index < -0.39 is 10.8 Å². The summed E-state index contributed by atoms with van der Waals surface area (Å²) in [5.74, 6) is 2.06. The molecule has 0 amide bonds. The molecule has 0 aromatic carbocycles. The van der Waals surface area contributed by atoms with E-state index in [-0.39, 0.29) is 0 Å². The quantitative estimate of drug-likeness (QED) is 0.561. The molecule has 0 unspecified atom stereocenters. The van der Waals surface area contributed by atoms with E-state index in [0.717, 1.165) is 24.6 Å². The molecule has 10 heavy (non-hydrogen) atoms. The molecule has 0 spiro atoms.